The maximum Gasteiger partial charge on any atom is 0.236 e. The monoisotopic (exact) mass is 324 g/mol. The van der Waals surface area contributed by atoms with E-state index in [0.717, 1.165) is 4.47 Å². The molecule has 0 aliphatic rings. The van der Waals surface area contributed by atoms with Crippen LogP contribution >= 0.6 is 28.3 Å². The molecule has 1 rings (SSSR count). The predicted octanol–water partition coefficient (Wildman–Crippen LogP) is 2.02. The Balaban J connectivity index is 0.00000256. The number of amides is 1. The minimum absolute atomic E-state index is 0. The third-order valence-electron chi connectivity index (χ3n) is 2.11. The largest absolute Gasteiger partial charge is 0.354 e. The van der Waals surface area contributed by atoms with Crippen LogP contribution in [0.3, 0.4) is 0 Å². The minimum Gasteiger partial charge on any atom is -0.354 e. The lowest BCUT2D eigenvalue weighted by atomic mass is 10.1. The quantitative estimate of drug-likeness (QED) is 0.890. The number of halogens is 3. The van der Waals surface area contributed by atoms with E-state index in [9.17, 15) is 9.18 Å². The van der Waals surface area contributed by atoms with Gasteiger partial charge in [-0.3, -0.25) is 4.79 Å². The lowest BCUT2D eigenvalue weighted by molar-refractivity contribution is -0.121. The molecule has 1 aromatic carbocycles. The number of nitrogens with two attached hydrogens (primary N) is 1. The molecule has 0 fully saturated rings. The molecule has 1 aromatic rings. The van der Waals surface area contributed by atoms with Gasteiger partial charge in [-0.15, -0.1) is 12.4 Å². The van der Waals surface area contributed by atoms with Crippen molar-refractivity contribution in [2.45, 2.75) is 19.4 Å². The van der Waals surface area contributed by atoms with E-state index in [1.54, 1.807) is 19.1 Å². The highest BCUT2D eigenvalue weighted by atomic mass is 79.9. The first kappa shape index (κ1) is 16.4. The second kappa shape index (κ2) is 7.63. The summed E-state index contributed by atoms with van der Waals surface area (Å²) in [6, 6.07) is 4.20. The Kier molecular flexibility index (Phi) is 7.34. The summed E-state index contributed by atoms with van der Waals surface area (Å²) in [4.78, 5) is 11.1. The van der Waals surface area contributed by atoms with Crippen molar-refractivity contribution in [1.29, 1.82) is 0 Å². The molecule has 1 amide bonds. The minimum atomic E-state index is -0.535. The van der Waals surface area contributed by atoms with Crippen LogP contribution in [0.1, 0.15) is 12.5 Å². The molecule has 0 saturated carbocycles. The van der Waals surface area contributed by atoms with Crippen molar-refractivity contribution in [2.75, 3.05) is 6.54 Å². The molecule has 0 radical (unpaired) electrons. The summed E-state index contributed by atoms with van der Waals surface area (Å²) in [7, 11) is 0. The van der Waals surface area contributed by atoms with Crippen molar-refractivity contribution in [3.8, 4) is 0 Å². The van der Waals surface area contributed by atoms with Crippen LogP contribution in [0.15, 0.2) is 22.7 Å². The first-order valence-corrected chi connectivity index (χ1v) is 5.77. The Bertz CT molecular complexity index is 388. The van der Waals surface area contributed by atoms with Crippen molar-refractivity contribution in [1.82, 2.24) is 5.32 Å². The molecule has 0 heterocycles. The van der Waals surface area contributed by atoms with Gasteiger partial charge in [0.2, 0.25) is 5.91 Å². The Morgan fingerprint density at radius 1 is 1.59 bits per heavy atom. The van der Waals surface area contributed by atoms with Crippen LogP contribution in [0.5, 0.6) is 0 Å². The van der Waals surface area contributed by atoms with Gasteiger partial charge in [0.25, 0.3) is 0 Å². The normalized spacial score (nSPS) is 11.5. The van der Waals surface area contributed by atoms with Gasteiger partial charge in [0.15, 0.2) is 0 Å². The molecule has 0 spiro atoms. The molecule has 0 unspecified atom stereocenters. The maximum absolute atomic E-state index is 13.3. The van der Waals surface area contributed by atoms with Gasteiger partial charge < -0.3 is 11.1 Å². The van der Waals surface area contributed by atoms with Crippen LogP contribution in [0, 0.1) is 5.82 Å². The first-order chi connectivity index (χ1) is 7.50. The second-order valence-electron chi connectivity index (χ2n) is 3.57. The van der Waals surface area contributed by atoms with Gasteiger partial charge in [0, 0.05) is 11.0 Å². The third-order valence-corrected chi connectivity index (χ3v) is 2.61. The van der Waals surface area contributed by atoms with Crippen LogP contribution in [-0.2, 0) is 11.2 Å². The fraction of sp³-hybridized carbons (Fsp3) is 0.364. The molecule has 17 heavy (non-hydrogen) atoms. The maximum atomic E-state index is 13.3. The van der Waals surface area contributed by atoms with Gasteiger partial charge in [-0.1, -0.05) is 15.9 Å². The second-order valence-corrected chi connectivity index (χ2v) is 4.48. The summed E-state index contributed by atoms with van der Waals surface area (Å²) in [5.74, 6) is -0.492. The Labute approximate surface area is 114 Å². The Hall–Kier alpha value is -0.650. The number of carbonyl (C=O) groups excluding carboxylic acids is 1. The van der Waals surface area contributed by atoms with Crippen molar-refractivity contribution < 1.29 is 9.18 Å². The number of rotatable bonds is 4. The van der Waals surface area contributed by atoms with E-state index in [1.165, 1.54) is 6.07 Å². The Morgan fingerprint density at radius 2 is 2.24 bits per heavy atom. The molecule has 0 aliphatic carbocycles. The van der Waals surface area contributed by atoms with Gasteiger partial charge in [-0.2, -0.15) is 0 Å². The van der Waals surface area contributed by atoms with Gasteiger partial charge in [0.1, 0.15) is 5.82 Å². The van der Waals surface area contributed by atoms with E-state index in [1.807, 2.05) is 0 Å². The fourth-order valence-corrected chi connectivity index (χ4v) is 1.62. The standard InChI is InChI=1S/C11H14BrFN2O.ClH/c1-7(14)11(16)15-5-4-8-6-9(12)2-3-10(8)13;/h2-3,6-7H,4-5,14H2,1H3,(H,15,16);1H/t7-;/m1./s1. The molecular formula is C11H15BrClFN2O. The Morgan fingerprint density at radius 3 is 2.82 bits per heavy atom. The number of hydrogen-bond donors (Lipinski definition) is 2. The van der Waals surface area contributed by atoms with Gasteiger partial charge in [0.05, 0.1) is 6.04 Å². The molecule has 0 aromatic heterocycles. The van der Waals surface area contributed by atoms with E-state index in [2.05, 4.69) is 21.2 Å². The zero-order chi connectivity index (χ0) is 12.1. The predicted molar refractivity (Wildman–Crippen MR) is 71.7 cm³/mol. The van der Waals surface area contributed by atoms with Gasteiger partial charge >= 0.3 is 0 Å². The number of benzene rings is 1. The SMILES string of the molecule is C[C@@H](N)C(=O)NCCc1cc(Br)ccc1F.Cl. The number of nitrogens with one attached hydrogen (secondary N) is 1. The van der Waals surface area contributed by atoms with Crippen molar-refractivity contribution in [3.05, 3.63) is 34.1 Å². The molecule has 3 N–H and O–H groups in total. The lowest BCUT2D eigenvalue weighted by Crippen LogP contribution is -2.39. The van der Waals surface area contributed by atoms with Crippen LogP contribution in [0.4, 0.5) is 4.39 Å². The molecule has 0 saturated heterocycles. The fourth-order valence-electron chi connectivity index (χ4n) is 1.22. The van der Waals surface area contributed by atoms with E-state index < -0.39 is 6.04 Å². The van der Waals surface area contributed by atoms with E-state index in [0.29, 0.717) is 18.5 Å². The summed E-state index contributed by atoms with van der Waals surface area (Å²) in [6.07, 6.45) is 0.448. The van der Waals surface area contributed by atoms with Crippen LogP contribution in [-0.4, -0.2) is 18.5 Å². The molecule has 96 valence electrons. The highest BCUT2D eigenvalue weighted by Gasteiger charge is 2.07. The molecule has 1 atom stereocenters. The van der Waals surface area contributed by atoms with E-state index in [-0.39, 0.29) is 24.1 Å². The molecule has 3 nitrogen and oxygen atoms in total. The summed E-state index contributed by atoms with van der Waals surface area (Å²) in [6.45, 7) is 1.99. The van der Waals surface area contributed by atoms with Crippen molar-refractivity contribution in [2.24, 2.45) is 5.73 Å². The average Bonchev–Trinajstić information content (AvgIpc) is 2.22. The van der Waals surface area contributed by atoms with Gasteiger partial charge in [-0.05, 0) is 37.1 Å². The first-order valence-electron chi connectivity index (χ1n) is 4.98. The van der Waals surface area contributed by atoms with E-state index >= 15 is 0 Å². The molecular weight excluding hydrogens is 310 g/mol. The summed E-state index contributed by atoms with van der Waals surface area (Å²) in [5, 5.41) is 2.63. The topological polar surface area (TPSA) is 55.1 Å². The molecule has 6 heteroatoms. The van der Waals surface area contributed by atoms with E-state index in [4.69, 9.17) is 5.73 Å². The molecule has 0 bridgehead atoms. The summed E-state index contributed by atoms with van der Waals surface area (Å²) >= 11 is 3.27. The van der Waals surface area contributed by atoms with Gasteiger partial charge in [-0.25, -0.2) is 4.39 Å². The zero-order valence-electron chi connectivity index (χ0n) is 9.37. The summed E-state index contributed by atoms with van der Waals surface area (Å²) in [5.41, 5.74) is 5.94. The third kappa shape index (κ3) is 5.48. The smallest absolute Gasteiger partial charge is 0.236 e. The number of carbonyl (C=O) groups is 1. The number of hydrogen-bond acceptors (Lipinski definition) is 2. The van der Waals surface area contributed by atoms with Crippen molar-refractivity contribution >= 4 is 34.2 Å². The van der Waals surface area contributed by atoms with Crippen molar-refractivity contribution in [3.63, 3.8) is 0 Å². The van der Waals surface area contributed by atoms with Crippen LogP contribution < -0.4 is 11.1 Å². The lowest BCUT2D eigenvalue weighted by Gasteiger charge is -2.08. The zero-order valence-corrected chi connectivity index (χ0v) is 11.8. The summed E-state index contributed by atoms with van der Waals surface area (Å²) < 4.78 is 14.1. The molecule has 0 aliphatic heterocycles. The average molecular weight is 326 g/mol. The van der Waals surface area contributed by atoms with Crippen LogP contribution in [0.2, 0.25) is 0 Å². The van der Waals surface area contributed by atoms with Crippen LogP contribution in [0.25, 0.3) is 0 Å². The highest BCUT2D eigenvalue weighted by Crippen LogP contribution is 2.15. The highest BCUT2D eigenvalue weighted by molar-refractivity contribution is 9.10.